The second-order valence-corrected chi connectivity index (χ2v) is 6.51. The Labute approximate surface area is 135 Å². The molecule has 1 aromatic heterocycles. The van der Waals surface area contributed by atoms with Crippen LogP contribution in [0.2, 0.25) is 0 Å². The largest absolute Gasteiger partial charge is 0.444 e. The van der Waals surface area contributed by atoms with E-state index in [2.05, 4.69) is 15.3 Å². The van der Waals surface area contributed by atoms with E-state index >= 15 is 0 Å². The van der Waals surface area contributed by atoms with Crippen molar-refractivity contribution >= 4 is 12.0 Å². The lowest BCUT2D eigenvalue weighted by Gasteiger charge is -2.38. The van der Waals surface area contributed by atoms with Crippen molar-refractivity contribution in [1.29, 1.82) is 0 Å². The van der Waals surface area contributed by atoms with Gasteiger partial charge in [-0.15, -0.1) is 0 Å². The minimum absolute atomic E-state index is 0.184. The number of carbonyl (C=O) groups excluding carboxylic acids is 2. The summed E-state index contributed by atoms with van der Waals surface area (Å²) in [5.74, 6) is -0.0257. The van der Waals surface area contributed by atoms with Gasteiger partial charge in [0.1, 0.15) is 5.60 Å². The minimum Gasteiger partial charge on any atom is -0.444 e. The van der Waals surface area contributed by atoms with Crippen LogP contribution in [0.4, 0.5) is 4.79 Å². The number of methoxy groups -OCH3 is 1. The number of ether oxygens (including phenoxy) is 2. The van der Waals surface area contributed by atoms with E-state index in [9.17, 15) is 9.59 Å². The Bertz CT molecular complexity index is 538. The highest BCUT2D eigenvalue weighted by Crippen LogP contribution is 2.17. The van der Waals surface area contributed by atoms with Gasteiger partial charge in [0.25, 0.3) is 5.91 Å². The van der Waals surface area contributed by atoms with Gasteiger partial charge in [-0.1, -0.05) is 0 Å². The average molecular weight is 324 g/mol. The highest BCUT2D eigenvalue weighted by Gasteiger charge is 2.34. The van der Waals surface area contributed by atoms with Gasteiger partial charge in [0, 0.05) is 26.0 Å². The molecule has 2 N–H and O–H groups in total. The SMILES string of the molecule is CO[C@H]1CN(C(=O)OC(C)(C)C)CC[C@H]1NC(=O)c1ncc[nH]1. The van der Waals surface area contributed by atoms with Crippen LogP contribution in [0, 0.1) is 0 Å². The lowest BCUT2D eigenvalue weighted by Crippen LogP contribution is -2.56. The Morgan fingerprint density at radius 2 is 2.17 bits per heavy atom. The van der Waals surface area contributed by atoms with Gasteiger partial charge in [-0.3, -0.25) is 4.79 Å². The number of H-pyrrole nitrogens is 1. The van der Waals surface area contributed by atoms with Crippen molar-refractivity contribution in [3.05, 3.63) is 18.2 Å². The first-order valence-electron chi connectivity index (χ1n) is 7.61. The van der Waals surface area contributed by atoms with Crippen molar-refractivity contribution in [2.75, 3.05) is 20.2 Å². The Hall–Kier alpha value is -2.09. The molecule has 0 bridgehead atoms. The number of rotatable bonds is 3. The number of nitrogens with zero attached hydrogens (tertiary/aromatic N) is 2. The van der Waals surface area contributed by atoms with Crippen LogP contribution >= 0.6 is 0 Å². The minimum atomic E-state index is -0.538. The zero-order chi connectivity index (χ0) is 17.0. The highest BCUT2D eigenvalue weighted by molar-refractivity contribution is 5.90. The molecule has 0 spiro atoms. The van der Waals surface area contributed by atoms with Crippen LogP contribution in [0.5, 0.6) is 0 Å². The Kier molecular flexibility index (Phi) is 5.25. The summed E-state index contributed by atoms with van der Waals surface area (Å²) in [6.45, 7) is 6.35. The maximum atomic E-state index is 12.1. The maximum Gasteiger partial charge on any atom is 0.410 e. The van der Waals surface area contributed by atoms with Crippen molar-refractivity contribution in [3.8, 4) is 0 Å². The molecule has 0 saturated carbocycles. The number of likely N-dealkylation sites (tertiary alicyclic amines) is 1. The monoisotopic (exact) mass is 324 g/mol. The van der Waals surface area contributed by atoms with E-state index in [4.69, 9.17) is 9.47 Å². The first-order valence-corrected chi connectivity index (χ1v) is 7.61. The number of hydrogen-bond donors (Lipinski definition) is 2. The van der Waals surface area contributed by atoms with E-state index in [0.29, 0.717) is 19.5 Å². The molecule has 8 nitrogen and oxygen atoms in total. The fourth-order valence-corrected chi connectivity index (χ4v) is 2.44. The molecule has 1 aliphatic heterocycles. The summed E-state index contributed by atoms with van der Waals surface area (Å²) < 4.78 is 10.8. The standard InChI is InChI=1S/C15H24N4O4/c1-15(2,3)23-14(21)19-8-5-10(11(9-19)22-4)18-13(20)12-16-6-7-17-12/h6-7,10-11H,5,8-9H2,1-4H3,(H,16,17)(H,18,20)/t10-,11+/m1/s1. The van der Waals surface area contributed by atoms with Gasteiger partial charge >= 0.3 is 6.09 Å². The van der Waals surface area contributed by atoms with E-state index in [1.54, 1.807) is 18.2 Å². The zero-order valence-corrected chi connectivity index (χ0v) is 14.0. The Morgan fingerprint density at radius 1 is 1.43 bits per heavy atom. The van der Waals surface area contributed by atoms with Crippen molar-refractivity contribution < 1.29 is 19.1 Å². The number of aromatic nitrogens is 2. The fraction of sp³-hybridized carbons (Fsp3) is 0.667. The van der Waals surface area contributed by atoms with E-state index < -0.39 is 5.60 Å². The summed E-state index contributed by atoms with van der Waals surface area (Å²) in [5.41, 5.74) is -0.538. The van der Waals surface area contributed by atoms with Crippen LogP contribution in [0.1, 0.15) is 37.8 Å². The van der Waals surface area contributed by atoms with E-state index in [0.717, 1.165) is 0 Å². The van der Waals surface area contributed by atoms with Gasteiger partial charge in [0.05, 0.1) is 18.7 Å². The number of amides is 2. The lowest BCUT2D eigenvalue weighted by molar-refractivity contribution is -0.0172. The van der Waals surface area contributed by atoms with Gasteiger partial charge in [-0.2, -0.15) is 0 Å². The van der Waals surface area contributed by atoms with Crippen molar-refractivity contribution in [3.63, 3.8) is 0 Å². The molecule has 0 radical (unpaired) electrons. The van der Waals surface area contributed by atoms with Gasteiger partial charge < -0.3 is 24.7 Å². The molecule has 0 aromatic carbocycles. The fourth-order valence-electron chi connectivity index (χ4n) is 2.44. The van der Waals surface area contributed by atoms with Crippen molar-refractivity contribution in [2.24, 2.45) is 0 Å². The third-order valence-electron chi connectivity index (χ3n) is 3.54. The van der Waals surface area contributed by atoms with Crippen LogP contribution < -0.4 is 5.32 Å². The van der Waals surface area contributed by atoms with Crippen LogP contribution in [-0.2, 0) is 9.47 Å². The molecule has 1 fully saturated rings. The summed E-state index contributed by atoms with van der Waals surface area (Å²) in [7, 11) is 1.56. The Morgan fingerprint density at radius 3 is 2.74 bits per heavy atom. The quantitative estimate of drug-likeness (QED) is 0.870. The van der Waals surface area contributed by atoms with E-state index in [1.165, 1.54) is 6.20 Å². The summed E-state index contributed by atoms with van der Waals surface area (Å²) >= 11 is 0. The van der Waals surface area contributed by atoms with Gasteiger partial charge in [0.2, 0.25) is 0 Å². The number of aromatic amines is 1. The van der Waals surface area contributed by atoms with Crippen molar-refractivity contribution in [1.82, 2.24) is 20.2 Å². The van der Waals surface area contributed by atoms with Gasteiger partial charge in [-0.25, -0.2) is 9.78 Å². The zero-order valence-electron chi connectivity index (χ0n) is 14.0. The first-order chi connectivity index (χ1) is 10.8. The number of hydrogen-bond acceptors (Lipinski definition) is 5. The predicted molar refractivity (Wildman–Crippen MR) is 83.1 cm³/mol. The van der Waals surface area contributed by atoms with Gasteiger partial charge in [-0.05, 0) is 27.2 Å². The predicted octanol–water partition coefficient (Wildman–Crippen LogP) is 1.16. The van der Waals surface area contributed by atoms with E-state index in [1.807, 2.05) is 20.8 Å². The van der Waals surface area contributed by atoms with Crippen molar-refractivity contribution in [2.45, 2.75) is 44.9 Å². The summed E-state index contributed by atoms with van der Waals surface area (Å²) in [5, 5.41) is 2.89. The van der Waals surface area contributed by atoms with Crippen LogP contribution in [0.3, 0.4) is 0 Å². The molecule has 2 amide bonds. The van der Waals surface area contributed by atoms with Crippen LogP contribution in [0.15, 0.2) is 12.4 Å². The molecule has 1 saturated heterocycles. The highest BCUT2D eigenvalue weighted by atomic mass is 16.6. The second kappa shape index (κ2) is 6.99. The molecular weight excluding hydrogens is 300 g/mol. The maximum absolute atomic E-state index is 12.1. The molecule has 1 aliphatic rings. The first kappa shape index (κ1) is 17.3. The lowest BCUT2D eigenvalue weighted by atomic mass is 10.0. The molecule has 2 rings (SSSR count). The van der Waals surface area contributed by atoms with E-state index in [-0.39, 0.29) is 30.0 Å². The number of imidazole rings is 1. The average Bonchev–Trinajstić information content (AvgIpc) is 3.00. The van der Waals surface area contributed by atoms with Gasteiger partial charge in [0.15, 0.2) is 5.82 Å². The molecule has 2 heterocycles. The Balaban J connectivity index is 1.94. The molecule has 0 aliphatic carbocycles. The molecule has 2 atom stereocenters. The number of nitrogens with one attached hydrogen (secondary N) is 2. The molecule has 128 valence electrons. The number of piperidine rings is 1. The molecule has 1 aromatic rings. The second-order valence-electron chi connectivity index (χ2n) is 6.51. The summed E-state index contributed by atoms with van der Waals surface area (Å²) in [6.07, 6.45) is 3.04. The summed E-state index contributed by atoms with van der Waals surface area (Å²) in [4.78, 5) is 32.5. The van der Waals surface area contributed by atoms with Crippen LogP contribution in [-0.4, -0.2) is 64.8 Å². The molecular formula is C15H24N4O4. The summed E-state index contributed by atoms with van der Waals surface area (Å²) in [6, 6.07) is -0.184. The normalized spacial score (nSPS) is 21.8. The number of carbonyl (C=O) groups is 2. The molecule has 0 unspecified atom stereocenters. The smallest absolute Gasteiger partial charge is 0.410 e. The molecule has 23 heavy (non-hydrogen) atoms. The third-order valence-corrected chi connectivity index (χ3v) is 3.54. The topological polar surface area (TPSA) is 96.6 Å². The third kappa shape index (κ3) is 4.69. The molecule has 8 heteroatoms. The van der Waals surface area contributed by atoms with Crippen LogP contribution in [0.25, 0.3) is 0 Å².